The van der Waals surface area contributed by atoms with Gasteiger partial charge in [-0.2, -0.15) is 0 Å². The summed E-state index contributed by atoms with van der Waals surface area (Å²) in [5.41, 5.74) is -6.59. The van der Waals surface area contributed by atoms with Gasteiger partial charge in [-0.25, -0.2) is 14.4 Å². The lowest BCUT2D eigenvalue weighted by atomic mass is 9.52. The summed E-state index contributed by atoms with van der Waals surface area (Å²) in [5.74, 6) is -5.45. The number of esters is 3. The minimum atomic E-state index is -2.09. The van der Waals surface area contributed by atoms with Gasteiger partial charge in [-0.3, -0.25) is 9.59 Å². The Morgan fingerprint density at radius 2 is 1.53 bits per heavy atom. The smallest absolute Gasteiger partial charge is 0.408 e. The zero-order valence-corrected chi connectivity index (χ0v) is 33.4. The van der Waals surface area contributed by atoms with Gasteiger partial charge in [0.2, 0.25) is 0 Å². The first-order valence-electron chi connectivity index (χ1n) is 18.8. The molecule has 3 aliphatic rings. The number of carbonyl (C=O) groups is 5. The van der Waals surface area contributed by atoms with Gasteiger partial charge < -0.3 is 49.4 Å². The van der Waals surface area contributed by atoms with Crippen molar-refractivity contribution in [1.82, 2.24) is 5.32 Å². The van der Waals surface area contributed by atoms with E-state index in [1.807, 2.05) is 0 Å². The van der Waals surface area contributed by atoms with E-state index in [0.29, 0.717) is 5.56 Å². The quantitative estimate of drug-likeness (QED) is 0.140. The van der Waals surface area contributed by atoms with Gasteiger partial charge in [-0.05, 0) is 71.7 Å². The summed E-state index contributed by atoms with van der Waals surface area (Å²) in [6.45, 7) is 11.1. The van der Waals surface area contributed by atoms with Gasteiger partial charge in [0, 0.05) is 31.3 Å². The molecule has 5 rings (SSSR count). The molecule has 1 saturated heterocycles. The number of ether oxygens (including phenoxy) is 5. The van der Waals surface area contributed by atoms with Crippen molar-refractivity contribution in [3.05, 3.63) is 82.9 Å². The predicted molar refractivity (Wildman–Crippen MR) is 201 cm³/mol. The third-order valence-corrected chi connectivity index (χ3v) is 11.0. The van der Waals surface area contributed by atoms with Crippen molar-refractivity contribution in [1.29, 1.82) is 0 Å². The van der Waals surface area contributed by atoms with E-state index >= 15 is 4.79 Å². The SMILES string of the molecule is CC(=O)O[C@H]1C(=O)[C@@]2(C)[C@H]([C@H](OC(=O)c3ccccc3)C[C@H](OC(=O)[C@H](O)[C@@H](NC(=O)OC(C)(C)C)c3ccccc3)C(C)=C1C(C)(C)O)[C@]1(O)CO[C@@H]1C[C@@H]2O. The maximum atomic E-state index is 15.1. The van der Waals surface area contributed by atoms with Crippen molar-refractivity contribution in [2.75, 3.05) is 6.61 Å². The molecule has 310 valence electrons. The van der Waals surface area contributed by atoms with E-state index in [2.05, 4.69) is 5.32 Å². The number of fused-ring (bicyclic) bond motifs is 3. The van der Waals surface area contributed by atoms with Crippen LogP contribution in [0.3, 0.4) is 0 Å². The molecule has 5 N–H and O–H groups in total. The van der Waals surface area contributed by atoms with Crippen LogP contribution in [0.2, 0.25) is 0 Å². The third kappa shape index (κ3) is 8.92. The van der Waals surface area contributed by atoms with Crippen LogP contribution in [-0.2, 0) is 38.1 Å². The van der Waals surface area contributed by atoms with E-state index in [4.69, 9.17) is 23.7 Å². The second kappa shape index (κ2) is 16.3. The second-order valence-corrected chi connectivity index (χ2v) is 16.8. The van der Waals surface area contributed by atoms with Gasteiger partial charge in [0.25, 0.3) is 0 Å². The van der Waals surface area contributed by atoms with Crippen LogP contribution >= 0.6 is 0 Å². The molecule has 2 aliphatic carbocycles. The minimum absolute atomic E-state index is 0.00934. The molecule has 1 aliphatic heterocycles. The molecule has 2 aromatic carbocycles. The Bertz CT molecular complexity index is 1870. The highest BCUT2D eigenvalue weighted by Gasteiger charge is 2.71. The van der Waals surface area contributed by atoms with E-state index in [9.17, 15) is 39.6 Å². The van der Waals surface area contributed by atoms with Crippen LogP contribution in [0.25, 0.3) is 0 Å². The summed E-state index contributed by atoms with van der Waals surface area (Å²) >= 11 is 0. The van der Waals surface area contributed by atoms with Crippen molar-refractivity contribution in [3.63, 3.8) is 0 Å². The van der Waals surface area contributed by atoms with Crippen LogP contribution in [-0.4, -0.2) is 110 Å². The molecular formula is C42H53NO14. The van der Waals surface area contributed by atoms with E-state index < -0.39 is 107 Å². The molecule has 10 atom stereocenters. The summed E-state index contributed by atoms with van der Waals surface area (Å²) in [4.78, 5) is 68.8. The highest BCUT2D eigenvalue weighted by atomic mass is 16.6. The van der Waals surface area contributed by atoms with Gasteiger partial charge >= 0.3 is 24.0 Å². The maximum absolute atomic E-state index is 15.1. The number of Topliss-reactive ketones (excluding diaryl/α,β-unsaturated/α-hetero) is 1. The molecule has 15 nitrogen and oxygen atoms in total. The van der Waals surface area contributed by atoms with E-state index in [-0.39, 0.29) is 29.7 Å². The number of amides is 1. The summed E-state index contributed by atoms with van der Waals surface area (Å²) < 4.78 is 28.9. The lowest BCUT2D eigenvalue weighted by Gasteiger charge is -2.62. The number of ketones is 1. The number of aliphatic hydroxyl groups excluding tert-OH is 2. The Morgan fingerprint density at radius 1 is 0.930 bits per heavy atom. The number of nitrogens with one attached hydrogen (secondary N) is 1. The first-order chi connectivity index (χ1) is 26.5. The molecule has 2 fully saturated rings. The summed E-state index contributed by atoms with van der Waals surface area (Å²) in [6.07, 6.45) is -11.3. The normalized spacial score (nSPS) is 30.1. The van der Waals surface area contributed by atoms with E-state index in [0.717, 1.165) is 6.92 Å². The maximum Gasteiger partial charge on any atom is 0.408 e. The third-order valence-electron chi connectivity index (χ3n) is 11.0. The van der Waals surface area contributed by atoms with Gasteiger partial charge in [-0.1, -0.05) is 48.5 Å². The fraction of sp³-hybridized carbons (Fsp3) is 0.548. The number of rotatable bonds is 9. The Hall–Kier alpha value is -4.67. The molecule has 0 radical (unpaired) electrons. The van der Waals surface area contributed by atoms with Crippen LogP contribution in [0.1, 0.15) is 90.2 Å². The number of aliphatic hydroxyl groups is 4. The Morgan fingerprint density at radius 3 is 2.05 bits per heavy atom. The summed E-state index contributed by atoms with van der Waals surface area (Å²) in [6, 6.07) is 14.6. The lowest BCUT2D eigenvalue weighted by Crippen LogP contribution is -2.76. The monoisotopic (exact) mass is 795 g/mol. The Balaban J connectivity index is 1.68. The van der Waals surface area contributed by atoms with Gasteiger partial charge in [0.15, 0.2) is 18.0 Å². The highest BCUT2D eigenvalue weighted by molar-refractivity contribution is 5.95. The molecule has 1 amide bonds. The highest BCUT2D eigenvalue weighted by Crippen LogP contribution is 2.57. The van der Waals surface area contributed by atoms with E-state index in [1.54, 1.807) is 69.3 Å². The zero-order valence-electron chi connectivity index (χ0n) is 33.4. The van der Waals surface area contributed by atoms with Crippen molar-refractivity contribution >= 4 is 29.8 Å². The predicted octanol–water partition coefficient (Wildman–Crippen LogP) is 3.26. The minimum Gasteiger partial charge on any atom is -0.458 e. The van der Waals surface area contributed by atoms with Crippen LogP contribution in [0, 0.1) is 11.3 Å². The number of hydrogen-bond donors (Lipinski definition) is 5. The average molecular weight is 796 g/mol. The fourth-order valence-electron chi connectivity index (χ4n) is 8.35. The molecule has 1 heterocycles. The number of benzene rings is 2. The number of carbonyl (C=O) groups excluding carboxylic acids is 5. The first-order valence-corrected chi connectivity index (χ1v) is 18.8. The molecule has 1 saturated carbocycles. The zero-order chi connectivity index (χ0) is 42.2. The standard InChI is InChI=1S/C42H53NO14/c1-22-26(55-37(49)32(46)31(24-15-11-9-12-16-24)43-38(50)57-39(3,4)5)19-27(56-36(48)25-17-13-10-14-18-25)34-41(8,28(45)20-29-42(34,52)21-53-29)35(47)33(54-23(2)44)30(22)40(6,7)51/h9-18,26-29,31-34,45-46,51-52H,19-21H2,1-8H3,(H,43,50)/t26-,27+,28-,29+,31-,32+,33+,34-,41+,42-/m0/s1. The fourth-order valence-corrected chi connectivity index (χ4v) is 8.35. The molecule has 15 heteroatoms. The van der Waals surface area contributed by atoms with Crippen LogP contribution in [0.15, 0.2) is 71.8 Å². The molecule has 0 spiro atoms. The van der Waals surface area contributed by atoms with E-state index in [1.165, 1.54) is 39.8 Å². The summed E-state index contributed by atoms with van der Waals surface area (Å²) in [7, 11) is 0. The first kappa shape index (κ1) is 43.5. The van der Waals surface area contributed by atoms with Crippen LogP contribution in [0.5, 0.6) is 0 Å². The Kier molecular flexibility index (Phi) is 12.4. The number of hydrogen-bond acceptors (Lipinski definition) is 14. The molecular weight excluding hydrogens is 742 g/mol. The summed E-state index contributed by atoms with van der Waals surface area (Å²) in [5, 5.41) is 50.0. The van der Waals surface area contributed by atoms with Crippen molar-refractivity contribution in [2.24, 2.45) is 11.3 Å². The van der Waals surface area contributed by atoms with Crippen LogP contribution in [0.4, 0.5) is 4.79 Å². The molecule has 2 aromatic rings. The van der Waals surface area contributed by atoms with Crippen molar-refractivity contribution in [3.8, 4) is 0 Å². The second-order valence-electron chi connectivity index (χ2n) is 16.8. The number of alkyl carbamates (subject to hydrolysis) is 1. The topological polar surface area (TPSA) is 224 Å². The largest absolute Gasteiger partial charge is 0.458 e. The molecule has 0 aromatic heterocycles. The van der Waals surface area contributed by atoms with Gasteiger partial charge in [0.1, 0.15) is 23.4 Å². The average Bonchev–Trinajstić information content (AvgIpc) is 3.14. The van der Waals surface area contributed by atoms with Gasteiger partial charge in [-0.15, -0.1) is 0 Å². The molecule has 0 unspecified atom stereocenters. The van der Waals surface area contributed by atoms with Gasteiger partial charge in [0.05, 0.1) is 41.4 Å². The van der Waals surface area contributed by atoms with Crippen molar-refractivity contribution < 1.29 is 68.1 Å². The van der Waals surface area contributed by atoms with Crippen molar-refractivity contribution in [2.45, 2.75) is 128 Å². The lowest BCUT2D eigenvalue weighted by molar-refractivity contribution is -0.327. The van der Waals surface area contributed by atoms with Crippen LogP contribution < -0.4 is 5.32 Å². The molecule has 57 heavy (non-hydrogen) atoms. The molecule has 0 bridgehead atoms. The Labute approximate surface area is 331 Å².